The van der Waals surface area contributed by atoms with Crippen molar-refractivity contribution in [2.45, 2.75) is 31.9 Å². The Morgan fingerprint density at radius 2 is 1.94 bits per heavy atom. The smallest absolute Gasteiger partial charge is 0.230 e. The van der Waals surface area contributed by atoms with E-state index in [-0.39, 0.29) is 11.8 Å². The molecule has 2 nitrogen and oxygen atoms in total. The molecule has 0 heterocycles. The van der Waals surface area contributed by atoms with Crippen LogP contribution in [0, 0.1) is 11.3 Å². The number of rotatable bonds is 2. The van der Waals surface area contributed by atoms with Crippen LogP contribution in [0.1, 0.15) is 25.7 Å². The quantitative estimate of drug-likeness (QED) is 0.835. The van der Waals surface area contributed by atoms with Crippen molar-refractivity contribution < 1.29 is 9.18 Å². The van der Waals surface area contributed by atoms with Gasteiger partial charge in [-0.3, -0.25) is 4.79 Å². The third kappa shape index (κ3) is 1.56. The summed E-state index contributed by atoms with van der Waals surface area (Å²) in [6.07, 6.45) is 2.19. The lowest BCUT2D eigenvalue weighted by Gasteiger charge is -2.43. The molecule has 1 aromatic rings. The van der Waals surface area contributed by atoms with Crippen LogP contribution in [0.4, 0.5) is 10.1 Å². The van der Waals surface area contributed by atoms with Crippen molar-refractivity contribution in [3.63, 3.8) is 0 Å². The first-order valence-electron chi connectivity index (χ1n) is 6.23. The molecule has 2 aliphatic rings. The van der Waals surface area contributed by atoms with E-state index in [2.05, 4.69) is 5.32 Å². The number of hydrogen-bond donors (Lipinski definition) is 1. The fraction of sp³-hybridized carbons (Fsp3) is 0.500. The highest BCUT2D eigenvalue weighted by molar-refractivity contribution is 5.96. The van der Waals surface area contributed by atoms with Gasteiger partial charge in [-0.15, -0.1) is 0 Å². The third-order valence-electron chi connectivity index (χ3n) is 4.40. The van der Waals surface area contributed by atoms with Crippen LogP contribution in [0.15, 0.2) is 30.3 Å². The zero-order valence-electron chi connectivity index (χ0n) is 9.66. The molecule has 3 heteroatoms. The fourth-order valence-electron chi connectivity index (χ4n) is 3.27. The summed E-state index contributed by atoms with van der Waals surface area (Å²) in [5.74, 6) is -0.0219. The summed E-state index contributed by atoms with van der Waals surface area (Å²) in [6.45, 7) is 0. The molecule has 2 aliphatic carbocycles. The second-order valence-electron chi connectivity index (χ2n) is 5.18. The van der Waals surface area contributed by atoms with Crippen molar-refractivity contribution >= 4 is 11.6 Å². The van der Waals surface area contributed by atoms with Crippen LogP contribution in [0.3, 0.4) is 0 Å². The Morgan fingerprint density at radius 3 is 2.53 bits per heavy atom. The Bertz CT molecular complexity index is 433. The number of carbonyl (C=O) groups is 1. The molecular formula is C14H16FNO. The van der Waals surface area contributed by atoms with Gasteiger partial charge >= 0.3 is 0 Å². The van der Waals surface area contributed by atoms with Gasteiger partial charge in [0.05, 0.1) is 5.41 Å². The minimum absolute atomic E-state index is 0.0140. The van der Waals surface area contributed by atoms with Crippen LogP contribution in [0.2, 0.25) is 0 Å². The summed E-state index contributed by atoms with van der Waals surface area (Å²) >= 11 is 0. The molecule has 1 N–H and O–H groups in total. The van der Waals surface area contributed by atoms with Crippen molar-refractivity contribution in [2.24, 2.45) is 11.3 Å². The Labute approximate surface area is 100 Å². The first kappa shape index (κ1) is 10.8. The van der Waals surface area contributed by atoms with Gasteiger partial charge in [-0.2, -0.15) is 0 Å². The summed E-state index contributed by atoms with van der Waals surface area (Å²) in [5.41, 5.74) is 0.398. The van der Waals surface area contributed by atoms with Gasteiger partial charge in [0.15, 0.2) is 0 Å². The Hall–Kier alpha value is -1.38. The third-order valence-corrected chi connectivity index (χ3v) is 4.40. The number of alkyl halides is 1. The predicted octanol–water partition coefficient (Wildman–Crippen LogP) is 3.15. The lowest BCUT2D eigenvalue weighted by atomic mass is 9.61. The molecule has 0 spiro atoms. The number of hydrogen-bond acceptors (Lipinski definition) is 1. The second-order valence-corrected chi connectivity index (χ2v) is 5.18. The highest BCUT2D eigenvalue weighted by Crippen LogP contribution is 2.58. The van der Waals surface area contributed by atoms with E-state index in [0.29, 0.717) is 12.8 Å². The maximum Gasteiger partial charge on any atom is 0.230 e. The number of amides is 1. The number of nitrogens with one attached hydrogen (secondary N) is 1. The van der Waals surface area contributed by atoms with Crippen LogP contribution in [-0.4, -0.2) is 12.1 Å². The van der Waals surface area contributed by atoms with Gasteiger partial charge in [0.2, 0.25) is 5.91 Å². The molecule has 1 amide bonds. The number of anilines is 1. The number of carbonyl (C=O) groups excluding carboxylic acids is 1. The van der Waals surface area contributed by atoms with Crippen molar-refractivity contribution in [3.05, 3.63) is 30.3 Å². The van der Waals surface area contributed by atoms with Crippen LogP contribution in [-0.2, 0) is 4.79 Å². The summed E-state index contributed by atoms with van der Waals surface area (Å²) < 4.78 is 13.6. The summed E-state index contributed by atoms with van der Waals surface area (Å²) in [6, 6.07) is 9.41. The zero-order valence-corrected chi connectivity index (χ0v) is 9.66. The van der Waals surface area contributed by atoms with Crippen LogP contribution in [0.5, 0.6) is 0 Å². The van der Waals surface area contributed by atoms with Gasteiger partial charge < -0.3 is 5.32 Å². The van der Waals surface area contributed by atoms with E-state index in [9.17, 15) is 9.18 Å². The van der Waals surface area contributed by atoms with Crippen molar-refractivity contribution in [1.82, 2.24) is 0 Å². The standard InChI is InChI=1S/C14H16FNO/c15-12-7-9-14(8-6-11(12)14)13(17)16-10-4-2-1-3-5-10/h1-5,11-12H,6-9H2,(H,16,17)/t11-,12+,14-/m0/s1. The monoisotopic (exact) mass is 233 g/mol. The van der Waals surface area contributed by atoms with E-state index in [1.54, 1.807) is 0 Å². The number of fused-ring (bicyclic) bond motifs is 1. The van der Waals surface area contributed by atoms with E-state index < -0.39 is 11.6 Å². The molecule has 90 valence electrons. The van der Waals surface area contributed by atoms with Gasteiger partial charge in [-0.05, 0) is 37.8 Å². The summed E-state index contributed by atoms with van der Waals surface area (Å²) in [4.78, 5) is 12.3. The number of benzene rings is 1. The van der Waals surface area contributed by atoms with Gasteiger partial charge in [0.1, 0.15) is 6.17 Å². The first-order valence-corrected chi connectivity index (χ1v) is 6.23. The Morgan fingerprint density at radius 1 is 1.24 bits per heavy atom. The number of para-hydroxylation sites is 1. The van der Waals surface area contributed by atoms with E-state index in [4.69, 9.17) is 0 Å². The van der Waals surface area contributed by atoms with E-state index in [1.165, 1.54) is 0 Å². The minimum Gasteiger partial charge on any atom is -0.326 e. The topological polar surface area (TPSA) is 29.1 Å². The Kier molecular flexibility index (Phi) is 2.42. The molecule has 3 rings (SSSR count). The molecule has 2 fully saturated rings. The maximum atomic E-state index is 13.6. The zero-order chi connectivity index (χ0) is 11.9. The Balaban J connectivity index is 1.75. The van der Waals surface area contributed by atoms with E-state index in [0.717, 1.165) is 18.5 Å². The van der Waals surface area contributed by atoms with Crippen LogP contribution in [0.25, 0.3) is 0 Å². The molecule has 0 aliphatic heterocycles. The first-order chi connectivity index (χ1) is 8.22. The number of halogens is 1. The van der Waals surface area contributed by atoms with Gasteiger partial charge in [0.25, 0.3) is 0 Å². The van der Waals surface area contributed by atoms with Crippen molar-refractivity contribution in [2.75, 3.05) is 5.32 Å². The van der Waals surface area contributed by atoms with Gasteiger partial charge in [-0.25, -0.2) is 4.39 Å². The molecule has 0 aromatic heterocycles. The van der Waals surface area contributed by atoms with Gasteiger partial charge in [-0.1, -0.05) is 18.2 Å². The molecule has 0 bridgehead atoms. The molecular weight excluding hydrogens is 217 g/mol. The molecule has 1 aromatic carbocycles. The lowest BCUT2D eigenvalue weighted by molar-refractivity contribution is -0.135. The molecule has 17 heavy (non-hydrogen) atoms. The highest BCUT2D eigenvalue weighted by atomic mass is 19.1. The lowest BCUT2D eigenvalue weighted by Crippen LogP contribution is -2.48. The van der Waals surface area contributed by atoms with Crippen molar-refractivity contribution in [1.29, 1.82) is 0 Å². The molecule has 0 saturated heterocycles. The molecule has 3 atom stereocenters. The summed E-state index contributed by atoms with van der Waals surface area (Å²) in [5, 5.41) is 2.92. The SMILES string of the molecule is O=C(Nc1ccccc1)[C@@]12CC[C@@H](F)[C@@H]1CC2. The maximum absolute atomic E-state index is 13.6. The highest BCUT2D eigenvalue weighted by Gasteiger charge is 2.59. The predicted molar refractivity (Wildman–Crippen MR) is 64.4 cm³/mol. The molecule has 0 unspecified atom stereocenters. The normalized spacial score (nSPS) is 34.9. The second kappa shape index (κ2) is 3.83. The fourth-order valence-corrected chi connectivity index (χ4v) is 3.27. The van der Waals surface area contributed by atoms with E-state index in [1.807, 2.05) is 30.3 Å². The van der Waals surface area contributed by atoms with Crippen molar-refractivity contribution in [3.8, 4) is 0 Å². The molecule has 0 radical (unpaired) electrons. The van der Waals surface area contributed by atoms with Crippen LogP contribution < -0.4 is 5.32 Å². The molecule has 2 saturated carbocycles. The van der Waals surface area contributed by atoms with Gasteiger partial charge in [0, 0.05) is 11.6 Å². The van der Waals surface area contributed by atoms with E-state index >= 15 is 0 Å². The van der Waals surface area contributed by atoms with Crippen LogP contribution >= 0.6 is 0 Å². The average molecular weight is 233 g/mol. The average Bonchev–Trinajstić information content (AvgIpc) is 2.51. The summed E-state index contributed by atoms with van der Waals surface area (Å²) in [7, 11) is 0. The largest absolute Gasteiger partial charge is 0.326 e. The minimum atomic E-state index is -0.773.